The molecule has 0 saturated carbocycles. The lowest BCUT2D eigenvalue weighted by atomic mass is 9.97. The number of H-pyrrole nitrogens is 1. The molecule has 0 atom stereocenters. The maximum absolute atomic E-state index is 13.5. The molecule has 0 aliphatic carbocycles. The number of benzene rings is 1. The number of hydrogen-bond acceptors (Lipinski definition) is 7. The highest BCUT2D eigenvalue weighted by molar-refractivity contribution is 6.05. The van der Waals surface area contributed by atoms with Crippen molar-refractivity contribution >= 4 is 23.6 Å². The number of nitrogens with zero attached hydrogens (tertiary/aromatic N) is 3. The minimum atomic E-state index is -0.347. The van der Waals surface area contributed by atoms with Crippen LogP contribution in [0.25, 0.3) is 11.1 Å². The Labute approximate surface area is 247 Å². The zero-order valence-corrected chi connectivity index (χ0v) is 25.0. The average molecular weight is 573 g/mol. The molecule has 6 N–H and O–H groups in total. The van der Waals surface area contributed by atoms with Gasteiger partial charge in [0, 0.05) is 81.0 Å². The lowest BCUT2D eigenvalue weighted by Crippen LogP contribution is -2.83. The van der Waals surface area contributed by atoms with Crippen molar-refractivity contribution < 1.29 is 15.2 Å². The van der Waals surface area contributed by atoms with Gasteiger partial charge in [0.2, 0.25) is 0 Å². The number of rotatable bonds is 11. The highest BCUT2D eigenvalue weighted by Gasteiger charge is 2.21. The number of pyridine rings is 2. The van der Waals surface area contributed by atoms with Crippen molar-refractivity contribution in [3.05, 3.63) is 87.2 Å². The molecule has 0 unspecified atom stereocenters. The summed E-state index contributed by atoms with van der Waals surface area (Å²) >= 11 is 0. The summed E-state index contributed by atoms with van der Waals surface area (Å²) in [4.78, 5) is 38.1. The first kappa shape index (κ1) is 30.7. The molecule has 1 aliphatic rings. The van der Waals surface area contributed by atoms with Gasteiger partial charge in [-0.2, -0.15) is 0 Å². The van der Waals surface area contributed by atoms with E-state index < -0.39 is 0 Å². The Morgan fingerprint density at radius 3 is 2.52 bits per heavy atom. The van der Waals surface area contributed by atoms with E-state index in [4.69, 9.17) is 10.4 Å². The fraction of sp³-hybridized carbons (Fsp3) is 0.375. The molecule has 2 aromatic heterocycles. The third-order valence-corrected chi connectivity index (χ3v) is 7.53. The molecule has 10 nitrogen and oxygen atoms in total. The number of carbonyl (C=O) groups excluding carboxylic acids is 1. The van der Waals surface area contributed by atoms with Gasteiger partial charge in [-0.25, -0.2) is 4.98 Å². The molecular formula is C32H42N7O3+. The third-order valence-electron chi connectivity index (χ3n) is 7.53. The summed E-state index contributed by atoms with van der Waals surface area (Å²) in [5.41, 5.74) is 5.29. The Bertz CT molecular complexity index is 1500. The van der Waals surface area contributed by atoms with Crippen molar-refractivity contribution in [1.29, 1.82) is 5.41 Å². The topological polar surface area (TPSA) is 142 Å². The molecule has 10 heteroatoms. The van der Waals surface area contributed by atoms with Crippen LogP contribution in [0, 0.1) is 19.3 Å². The number of anilines is 1. The Hall–Kier alpha value is -4.28. The summed E-state index contributed by atoms with van der Waals surface area (Å²) in [6.07, 6.45) is 3.63. The Balaban J connectivity index is 1.57. The number of aliphatic hydroxyl groups is 1. The van der Waals surface area contributed by atoms with Crippen molar-refractivity contribution in [3.8, 4) is 11.1 Å². The van der Waals surface area contributed by atoms with Gasteiger partial charge in [0.25, 0.3) is 11.5 Å². The van der Waals surface area contributed by atoms with Crippen LogP contribution in [-0.2, 0) is 6.54 Å². The molecule has 3 aromatic rings. The van der Waals surface area contributed by atoms with Gasteiger partial charge in [-0.05, 0) is 63.1 Å². The van der Waals surface area contributed by atoms with Crippen LogP contribution in [-0.4, -0.2) is 70.9 Å². The molecule has 42 heavy (non-hydrogen) atoms. The summed E-state index contributed by atoms with van der Waals surface area (Å²) in [5.74, 6) is 0.766. The lowest BCUT2D eigenvalue weighted by Gasteiger charge is -2.35. The second kappa shape index (κ2) is 13.6. The van der Waals surface area contributed by atoms with Gasteiger partial charge in [0.15, 0.2) is 0 Å². The van der Waals surface area contributed by atoms with Crippen molar-refractivity contribution in [2.45, 2.75) is 46.7 Å². The molecular weight excluding hydrogens is 530 g/mol. The van der Waals surface area contributed by atoms with Gasteiger partial charge in [0.05, 0.1) is 22.9 Å². The van der Waals surface area contributed by atoms with E-state index in [0.29, 0.717) is 23.1 Å². The third kappa shape index (κ3) is 7.51. The largest absolute Gasteiger partial charge is 0.513 e. The van der Waals surface area contributed by atoms with Gasteiger partial charge in [-0.1, -0.05) is 6.58 Å². The first-order valence-corrected chi connectivity index (χ1v) is 14.4. The maximum Gasteiger partial charge on any atom is 0.253 e. The van der Waals surface area contributed by atoms with Crippen LogP contribution in [0.15, 0.2) is 53.7 Å². The average Bonchev–Trinajstić information content (AvgIpc) is 2.95. The maximum atomic E-state index is 13.5. The number of aryl methyl sites for hydroxylation is 2. The normalized spacial score (nSPS) is 13.8. The second-order valence-electron chi connectivity index (χ2n) is 11.3. The van der Waals surface area contributed by atoms with E-state index in [2.05, 4.69) is 40.5 Å². The number of aromatic nitrogens is 2. The van der Waals surface area contributed by atoms with Gasteiger partial charge < -0.3 is 31.0 Å². The van der Waals surface area contributed by atoms with Crippen LogP contribution in [0.4, 0.5) is 11.5 Å². The quantitative estimate of drug-likeness (QED) is 0.136. The molecule has 0 bridgehead atoms. The van der Waals surface area contributed by atoms with Crippen LogP contribution in [0.3, 0.4) is 0 Å². The van der Waals surface area contributed by atoms with Crippen LogP contribution >= 0.6 is 0 Å². The van der Waals surface area contributed by atoms with E-state index in [9.17, 15) is 14.7 Å². The summed E-state index contributed by atoms with van der Waals surface area (Å²) < 4.78 is 0. The van der Waals surface area contributed by atoms with E-state index in [1.54, 1.807) is 6.07 Å². The van der Waals surface area contributed by atoms with E-state index in [0.717, 1.165) is 66.6 Å². The number of nitrogens with two attached hydrogens (primary N) is 1. The number of carbonyl (C=O) groups is 1. The van der Waals surface area contributed by atoms with Crippen LogP contribution in [0.5, 0.6) is 0 Å². The molecule has 1 amide bonds. The van der Waals surface area contributed by atoms with E-state index >= 15 is 0 Å². The zero-order chi connectivity index (χ0) is 30.4. The Morgan fingerprint density at radius 1 is 1.19 bits per heavy atom. The van der Waals surface area contributed by atoms with E-state index in [1.807, 2.05) is 49.6 Å². The van der Waals surface area contributed by atoms with Crippen molar-refractivity contribution in [2.24, 2.45) is 0 Å². The van der Waals surface area contributed by atoms with Gasteiger partial charge in [0.1, 0.15) is 11.5 Å². The summed E-state index contributed by atoms with van der Waals surface area (Å²) in [6, 6.07) is 9.90. The molecule has 1 aliphatic heterocycles. The van der Waals surface area contributed by atoms with Gasteiger partial charge >= 0.3 is 0 Å². The predicted octanol–water partition coefficient (Wildman–Crippen LogP) is 3.17. The zero-order valence-electron chi connectivity index (χ0n) is 25.0. The first-order chi connectivity index (χ1) is 20.0. The molecule has 4 rings (SSSR count). The SMILES string of the molecule is C=C(O)CCN1CCN(c2ccc(-c3cc([NH2+]C(C)C)c(C=N)c(C(=O)NCc4c(C)cc(C)[nH]c4=O)c3)cn2)CC1. The number of amides is 1. The number of aromatic amines is 1. The van der Waals surface area contributed by atoms with Gasteiger partial charge in [-0.3, -0.25) is 14.5 Å². The molecule has 1 fully saturated rings. The fourth-order valence-corrected chi connectivity index (χ4v) is 5.29. The number of hydrogen-bond donors (Lipinski definition) is 5. The Kier molecular flexibility index (Phi) is 9.92. The predicted molar refractivity (Wildman–Crippen MR) is 167 cm³/mol. The summed E-state index contributed by atoms with van der Waals surface area (Å²) in [6.45, 7) is 15.7. The standard InChI is InChI=1S/C32H41N7O3/c1-20(2)36-29-16-25(24-6-7-30(34-18-24)39-12-10-38(11-13-39)9-8-23(5)40)15-26(27(29)17-33)31(41)35-19-28-21(3)14-22(4)37-32(28)42/h6-7,14-18,20,33,36,40H,5,8-13,19H2,1-4H3,(H,35,41)(H,37,42)/p+1. The summed E-state index contributed by atoms with van der Waals surface area (Å²) in [5, 5.41) is 22.4. The van der Waals surface area contributed by atoms with Crippen LogP contribution in [0.2, 0.25) is 0 Å². The van der Waals surface area contributed by atoms with E-state index in [1.165, 1.54) is 6.21 Å². The molecule has 222 valence electrons. The number of nitrogens with one attached hydrogen (secondary N) is 3. The fourth-order valence-electron chi connectivity index (χ4n) is 5.29. The highest BCUT2D eigenvalue weighted by Crippen LogP contribution is 2.28. The number of aliphatic hydroxyl groups excluding tert-OH is 1. The molecule has 1 saturated heterocycles. The van der Waals surface area contributed by atoms with Crippen molar-refractivity contribution in [1.82, 2.24) is 20.2 Å². The van der Waals surface area contributed by atoms with Crippen LogP contribution in [0.1, 0.15) is 53.0 Å². The lowest BCUT2D eigenvalue weighted by molar-refractivity contribution is -0.603. The monoisotopic (exact) mass is 572 g/mol. The summed E-state index contributed by atoms with van der Waals surface area (Å²) in [7, 11) is 0. The molecule has 3 heterocycles. The molecule has 1 aromatic carbocycles. The molecule has 0 radical (unpaired) electrons. The van der Waals surface area contributed by atoms with Crippen molar-refractivity contribution in [2.75, 3.05) is 37.6 Å². The minimum absolute atomic E-state index is 0.0867. The number of piperazine rings is 1. The smallest absolute Gasteiger partial charge is 0.253 e. The first-order valence-electron chi connectivity index (χ1n) is 14.4. The van der Waals surface area contributed by atoms with Crippen molar-refractivity contribution in [3.63, 3.8) is 0 Å². The minimum Gasteiger partial charge on any atom is -0.513 e. The highest BCUT2D eigenvalue weighted by atomic mass is 16.3. The van der Waals surface area contributed by atoms with Gasteiger partial charge in [-0.15, -0.1) is 0 Å². The second-order valence-corrected chi connectivity index (χ2v) is 11.3. The van der Waals surface area contributed by atoms with E-state index in [-0.39, 0.29) is 29.8 Å². The van der Waals surface area contributed by atoms with Crippen LogP contribution < -0.4 is 21.1 Å². The Morgan fingerprint density at radius 2 is 1.93 bits per heavy atom. The number of quaternary nitrogens is 1. The molecule has 0 spiro atoms.